The minimum atomic E-state index is -3.80. The second-order valence-electron chi connectivity index (χ2n) is 8.88. The Hall–Kier alpha value is -1.81. The quantitative estimate of drug-likeness (QED) is 0.387. The highest BCUT2D eigenvalue weighted by molar-refractivity contribution is 9.10. The van der Waals surface area contributed by atoms with Crippen molar-refractivity contribution in [1.82, 2.24) is 10.2 Å². The first-order chi connectivity index (χ1) is 17.0. The lowest BCUT2D eigenvalue weighted by Gasteiger charge is -2.33. The molecule has 0 aromatic heterocycles. The molecule has 196 valence electrons. The van der Waals surface area contributed by atoms with Gasteiger partial charge < -0.3 is 10.2 Å². The fourth-order valence-corrected chi connectivity index (χ4v) is 5.99. The van der Waals surface area contributed by atoms with Crippen molar-refractivity contribution in [3.05, 3.63) is 62.5 Å². The van der Waals surface area contributed by atoms with Gasteiger partial charge in [-0.2, -0.15) is 0 Å². The Kier molecular flexibility index (Phi) is 10.1. The van der Waals surface area contributed by atoms with E-state index in [0.29, 0.717) is 27.7 Å². The van der Waals surface area contributed by atoms with Crippen LogP contribution < -0.4 is 9.62 Å². The molecule has 1 N–H and O–H groups in total. The van der Waals surface area contributed by atoms with Gasteiger partial charge in [0.25, 0.3) is 0 Å². The Labute approximate surface area is 231 Å². The summed E-state index contributed by atoms with van der Waals surface area (Å²) in [7, 11) is -3.80. The van der Waals surface area contributed by atoms with Crippen LogP contribution in [0.15, 0.2) is 46.9 Å². The van der Waals surface area contributed by atoms with Crippen molar-refractivity contribution in [3.8, 4) is 0 Å². The van der Waals surface area contributed by atoms with Crippen LogP contribution in [0.25, 0.3) is 0 Å². The predicted molar refractivity (Wildman–Crippen MR) is 148 cm³/mol. The molecule has 11 heteroatoms. The van der Waals surface area contributed by atoms with E-state index >= 15 is 0 Å². The van der Waals surface area contributed by atoms with Gasteiger partial charge in [-0.1, -0.05) is 65.0 Å². The Morgan fingerprint density at radius 1 is 1.08 bits per heavy atom. The first-order valence-corrected chi connectivity index (χ1v) is 15.2. The van der Waals surface area contributed by atoms with E-state index in [0.717, 1.165) is 40.7 Å². The maximum atomic E-state index is 13.8. The van der Waals surface area contributed by atoms with Crippen molar-refractivity contribution in [2.45, 2.75) is 57.7 Å². The molecule has 0 radical (unpaired) electrons. The van der Waals surface area contributed by atoms with Crippen molar-refractivity contribution < 1.29 is 18.0 Å². The molecule has 0 heterocycles. The Morgan fingerprint density at radius 3 is 2.19 bits per heavy atom. The number of sulfonamides is 1. The molecule has 1 saturated carbocycles. The van der Waals surface area contributed by atoms with Gasteiger partial charge in [0, 0.05) is 32.7 Å². The topological polar surface area (TPSA) is 86.8 Å². The highest BCUT2D eigenvalue weighted by atomic mass is 79.9. The highest BCUT2D eigenvalue weighted by Gasteiger charge is 2.33. The van der Waals surface area contributed by atoms with Crippen LogP contribution in [0.3, 0.4) is 0 Å². The number of anilines is 1. The summed E-state index contributed by atoms with van der Waals surface area (Å²) in [4.78, 5) is 28.5. The molecule has 0 bridgehead atoms. The first-order valence-electron chi connectivity index (χ1n) is 11.8. The van der Waals surface area contributed by atoms with Crippen molar-refractivity contribution in [3.63, 3.8) is 0 Å². The van der Waals surface area contributed by atoms with Gasteiger partial charge in [0.2, 0.25) is 21.8 Å². The number of nitrogens with zero attached hydrogens (tertiary/aromatic N) is 2. The van der Waals surface area contributed by atoms with E-state index in [1.807, 2.05) is 6.92 Å². The summed E-state index contributed by atoms with van der Waals surface area (Å²) in [6, 6.07) is 10.9. The number of amides is 2. The van der Waals surface area contributed by atoms with E-state index in [9.17, 15) is 18.0 Å². The van der Waals surface area contributed by atoms with Crippen molar-refractivity contribution >= 4 is 66.7 Å². The largest absolute Gasteiger partial charge is 0.352 e. The molecular weight excluding hydrogens is 589 g/mol. The molecule has 1 atom stereocenters. The molecule has 2 aromatic carbocycles. The van der Waals surface area contributed by atoms with Crippen molar-refractivity contribution in [2.75, 3.05) is 17.1 Å². The molecule has 1 aliphatic rings. The van der Waals surface area contributed by atoms with Gasteiger partial charge >= 0.3 is 0 Å². The van der Waals surface area contributed by atoms with E-state index < -0.39 is 28.5 Å². The molecule has 0 saturated heterocycles. The number of hydrogen-bond acceptors (Lipinski definition) is 4. The minimum absolute atomic E-state index is 0.0358. The summed E-state index contributed by atoms with van der Waals surface area (Å²) in [6.45, 7) is 1.30. The van der Waals surface area contributed by atoms with Gasteiger partial charge in [0.05, 0.1) is 11.9 Å². The van der Waals surface area contributed by atoms with Crippen LogP contribution in [0.5, 0.6) is 0 Å². The smallest absolute Gasteiger partial charge is 0.244 e. The Bertz CT molecular complexity index is 1170. The van der Waals surface area contributed by atoms with E-state index in [4.69, 9.17) is 23.2 Å². The van der Waals surface area contributed by atoms with Gasteiger partial charge in [-0.3, -0.25) is 13.9 Å². The summed E-state index contributed by atoms with van der Waals surface area (Å²) in [5, 5.41) is 3.79. The lowest BCUT2D eigenvalue weighted by Crippen LogP contribution is -2.53. The predicted octanol–water partition coefficient (Wildman–Crippen LogP) is 5.39. The second kappa shape index (κ2) is 12.6. The third-order valence-electron chi connectivity index (χ3n) is 6.27. The molecule has 7 nitrogen and oxygen atoms in total. The fourth-order valence-electron chi connectivity index (χ4n) is 4.36. The summed E-state index contributed by atoms with van der Waals surface area (Å²) >= 11 is 16.1. The summed E-state index contributed by atoms with van der Waals surface area (Å²) in [5.41, 5.74) is 0.837. The summed E-state index contributed by atoms with van der Waals surface area (Å²) in [6.07, 6.45) is 5.28. The molecule has 3 rings (SSSR count). The molecule has 0 aliphatic heterocycles. The van der Waals surface area contributed by atoms with Crippen LogP contribution in [-0.2, 0) is 26.2 Å². The zero-order chi connectivity index (χ0) is 26.5. The zero-order valence-corrected chi connectivity index (χ0v) is 24.1. The molecule has 2 aromatic rings. The van der Waals surface area contributed by atoms with Crippen LogP contribution in [0.1, 0.15) is 44.6 Å². The van der Waals surface area contributed by atoms with Crippen LogP contribution in [0, 0.1) is 0 Å². The molecular formula is C25H30BrCl2N3O4S. The highest BCUT2D eigenvalue weighted by Crippen LogP contribution is 2.28. The maximum absolute atomic E-state index is 13.8. The van der Waals surface area contributed by atoms with Gasteiger partial charge in [-0.05, 0) is 55.7 Å². The van der Waals surface area contributed by atoms with E-state index in [2.05, 4.69) is 21.2 Å². The zero-order valence-electron chi connectivity index (χ0n) is 20.2. The number of carbonyl (C=O) groups excluding carboxylic acids is 2. The van der Waals surface area contributed by atoms with Crippen LogP contribution in [0.4, 0.5) is 5.69 Å². The van der Waals surface area contributed by atoms with Crippen molar-refractivity contribution in [2.24, 2.45) is 0 Å². The van der Waals surface area contributed by atoms with Crippen LogP contribution in [-0.4, -0.2) is 50.0 Å². The molecule has 0 spiro atoms. The normalized spacial score (nSPS) is 14.9. The number of nitrogens with one attached hydrogen (secondary N) is 1. The number of benzene rings is 2. The Morgan fingerprint density at radius 2 is 1.67 bits per heavy atom. The molecule has 1 aliphatic carbocycles. The first kappa shape index (κ1) is 28.8. The molecule has 1 fully saturated rings. The number of rotatable bonds is 10. The van der Waals surface area contributed by atoms with Crippen LogP contribution >= 0.6 is 39.1 Å². The second-order valence-corrected chi connectivity index (χ2v) is 12.5. The SMILES string of the molecule is CC[C@@H](C(=O)NC1CCCC1)N(Cc1c(Cl)cccc1Cl)C(=O)CN(c1ccc(Br)cc1)S(C)(=O)=O. The van der Waals surface area contributed by atoms with Crippen LogP contribution in [0.2, 0.25) is 10.0 Å². The van der Waals surface area contributed by atoms with Gasteiger partial charge in [0.1, 0.15) is 12.6 Å². The van der Waals surface area contributed by atoms with E-state index in [1.54, 1.807) is 42.5 Å². The number of hydrogen-bond donors (Lipinski definition) is 1. The van der Waals surface area contributed by atoms with Gasteiger partial charge in [0.15, 0.2) is 0 Å². The average molecular weight is 619 g/mol. The Balaban J connectivity index is 1.96. The molecule has 0 unspecified atom stereocenters. The minimum Gasteiger partial charge on any atom is -0.352 e. The van der Waals surface area contributed by atoms with E-state index in [1.165, 1.54) is 4.90 Å². The van der Waals surface area contributed by atoms with Gasteiger partial charge in [-0.25, -0.2) is 8.42 Å². The standard InChI is InChI=1S/C25H30BrCl2N3O4S/c1-3-23(25(33)29-18-7-4-5-8-18)30(15-20-21(27)9-6-10-22(20)28)24(32)16-31(36(2,34)35)19-13-11-17(26)12-14-19/h6,9-14,18,23H,3-5,7-8,15-16H2,1-2H3,(H,29,33)/t23-/m0/s1. The number of halogens is 3. The number of carbonyl (C=O) groups is 2. The van der Waals surface area contributed by atoms with Crippen molar-refractivity contribution in [1.29, 1.82) is 0 Å². The average Bonchev–Trinajstić information content (AvgIpc) is 3.32. The summed E-state index contributed by atoms with van der Waals surface area (Å²) < 4.78 is 27.1. The molecule has 36 heavy (non-hydrogen) atoms. The third-order valence-corrected chi connectivity index (χ3v) is 8.65. The van der Waals surface area contributed by atoms with Gasteiger partial charge in [-0.15, -0.1) is 0 Å². The fraction of sp³-hybridized carbons (Fsp3) is 0.440. The maximum Gasteiger partial charge on any atom is 0.244 e. The monoisotopic (exact) mass is 617 g/mol. The third kappa shape index (κ3) is 7.37. The van der Waals surface area contributed by atoms with E-state index in [-0.39, 0.29) is 18.5 Å². The lowest BCUT2D eigenvalue weighted by atomic mass is 10.1. The summed E-state index contributed by atoms with van der Waals surface area (Å²) in [5.74, 6) is -0.803. The molecule has 2 amide bonds. The lowest BCUT2D eigenvalue weighted by molar-refractivity contribution is -0.140.